The van der Waals surface area contributed by atoms with Gasteiger partial charge in [-0.05, 0) is 83.2 Å². The fourth-order valence-corrected chi connectivity index (χ4v) is 9.45. The van der Waals surface area contributed by atoms with Crippen LogP contribution < -0.4 is 4.74 Å². The van der Waals surface area contributed by atoms with Gasteiger partial charge < -0.3 is 34.4 Å². The summed E-state index contributed by atoms with van der Waals surface area (Å²) in [5.74, 6) is -1.40. The van der Waals surface area contributed by atoms with E-state index in [2.05, 4.69) is 30.9 Å². The molecule has 4 aromatic rings. The third kappa shape index (κ3) is 8.30. The number of rotatable bonds is 17. The molecule has 4 aromatic carbocycles. The average molecular weight is 775 g/mol. The van der Waals surface area contributed by atoms with Gasteiger partial charge in [0, 0.05) is 31.1 Å². The van der Waals surface area contributed by atoms with Crippen molar-refractivity contribution in [3.8, 4) is 11.5 Å². The zero-order valence-corrected chi connectivity index (χ0v) is 32.7. The average Bonchev–Trinajstić information content (AvgIpc) is 3.24. The van der Waals surface area contributed by atoms with E-state index < -0.39 is 23.8 Å². The first-order valence-electron chi connectivity index (χ1n) is 20.2. The number of phenols is 1. The molecule has 10 nitrogen and oxygen atoms in total. The Hall–Kier alpha value is -5.16. The van der Waals surface area contributed by atoms with Crippen LogP contribution in [0.1, 0.15) is 67.6 Å². The smallest absolute Gasteiger partial charge is 0.410 e. The van der Waals surface area contributed by atoms with Crippen LogP contribution in [0.3, 0.4) is 0 Å². The number of oxime groups is 1. The van der Waals surface area contributed by atoms with E-state index in [1.807, 2.05) is 54.6 Å². The molecule has 1 aliphatic heterocycles. The van der Waals surface area contributed by atoms with Crippen LogP contribution in [-0.2, 0) is 27.5 Å². The minimum atomic E-state index is -1.45. The van der Waals surface area contributed by atoms with Crippen LogP contribution in [0.15, 0.2) is 120 Å². The first-order valence-corrected chi connectivity index (χ1v) is 20.2. The van der Waals surface area contributed by atoms with E-state index in [9.17, 15) is 20.1 Å². The highest BCUT2D eigenvalue weighted by atomic mass is 16.7. The molecule has 1 amide bonds. The van der Waals surface area contributed by atoms with Gasteiger partial charge in [0.15, 0.2) is 0 Å². The molecule has 7 rings (SSSR count). The Kier molecular flexibility index (Phi) is 12.9. The quantitative estimate of drug-likeness (QED) is 0.0553. The third-order valence-corrected chi connectivity index (χ3v) is 11.9. The van der Waals surface area contributed by atoms with Crippen molar-refractivity contribution < 1.29 is 39.2 Å². The topological polar surface area (TPSA) is 130 Å². The molecule has 6 atom stereocenters. The molecule has 0 radical (unpaired) electrons. The number of carbonyl (C=O) groups is 1. The Balaban J connectivity index is 1.45. The van der Waals surface area contributed by atoms with E-state index in [1.54, 1.807) is 29.2 Å². The standard InChI is InChI=1S/C47H54N2O8/c1-3-26-55-47-43(49(46(53)54-2)30-35-19-13-18-33-16-7-8-20-37(33)35)29-41(48-56-31-32-14-5-4-6-15-32)39-27-34(17-9-11-24-50)38(21-10-12-25-51)44(45(39)47)40-28-36(52)22-23-42(40)57-47/h3-8,13-16,18-20,22-23,27-28,34,38,43-45,50-52H,1,9-12,17,21,24-26,29-31H2,2H3/t34-,38+,43-,44+,45+,47+/m0/s1. The fourth-order valence-electron chi connectivity index (χ4n) is 9.45. The van der Waals surface area contributed by atoms with Gasteiger partial charge in [0.25, 0.3) is 0 Å². The summed E-state index contributed by atoms with van der Waals surface area (Å²) in [4.78, 5) is 22.2. The van der Waals surface area contributed by atoms with E-state index >= 15 is 0 Å². The van der Waals surface area contributed by atoms with Gasteiger partial charge in [-0.3, -0.25) is 4.90 Å². The maximum atomic E-state index is 14.3. The van der Waals surface area contributed by atoms with Crippen molar-refractivity contribution in [3.63, 3.8) is 0 Å². The molecule has 3 N–H and O–H groups in total. The largest absolute Gasteiger partial charge is 0.508 e. The van der Waals surface area contributed by atoms with Crippen LogP contribution in [0.5, 0.6) is 11.5 Å². The summed E-state index contributed by atoms with van der Waals surface area (Å²) in [6.07, 6.45) is 8.24. The molecule has 300 valence electrons. The Morgan fingerprint density at radius 2 is 1.72 bits per heavy atom. The molecule has 2 aliphatic carbocycles. The highest BCUT2D eigenvalue weighted by molar-refractivity contribution is 6.03. The van der Waals surface area contributed by atoms with Gasteiger partial charge in [-0.25, -0.2) is 4.79 Å². The Bertz CT molecular complexity index is 2060. The van der Waals surface area contributed by atoms with Gasteiger partial charge in [0.05, 0.1) is 31.9 Å². The molecule has 1 saturated carbocycles. The van der Waals surface area contributed by atoms with Gasteiger partial charge in [-0.15, -0.1) is 6.58 Å². The number of amides is 1. The number of benzene rings is 4. The number of allylic oxidation sites excluding steroid dienone is 1. The van der Waals surface area contributed by atoms with Crippen molar-refractivity contribution in [3.05, 3.63) is 132 Å². The van der Waals surface area contributed by atoms with Crippen LogP contribution in [0.25, 0.3) is 10.8 Å². The molecule has 0 bridgehead atoms. The number of methoxy groups -OCH3 is 1. The fraction of sp³-hybridized carbons (Fsp3) is 0.404. The van der Waals surface area contributed by atoms with E-state index in [1.165, 1.54) is 7.11 Å². The number of unbranched alkanes of at least 4 members (excludes halogenated alkanes) is 2. The summed E-state index contributed by atoms with van der Waals surface area (Å²) in [5.41, 5.74) is 4.36. The summed E-state index contributed by atoms with van der Waals surface area (Å²) >= 11 is 0. The number of carbonyl (C=O) groups excluding carboxylic acids is 1. The molecule has 0 spiro atoms. The van der Waals surface area contributed by atoms with Gasteiger partial charge in [0.2, 0.25) is 5.79 Å². The summed E-state index contributed by atoms with van der Waals surface area (Å²) in [6, 6.07) is 28.5. The Labute approximate surface area is 335 Å². The van der Waals surface area contributed by atoms with E-state index in [-0.39, 0.29) is 62.9 Å². The number of hydrogen-bond donors (Lipinski definition) is 3. The van der Waals surface area contributed by atoms with Crippen molar-refractivity contribution in [1.82, 2.24) is 4.90 Å². The molecule has 10 heteroatoms. The van der Waals surface area contributed by atoms with Crippen molar-refractivity contribution in [2.75, 3.05) is 26.9 Å². The van der Waals surface area contributed by atoms with Crippen molar-refractivity contribution in [2.24, 2.45) is 22.9 Å². The SMILES string of the molecule is C=CCO[C@@]12Oc3ccc(O)cc3[C@H]3[C@H](CCCCO)[C@@H](CCCCO)C=C(C(=NOCc4ccccc4)C[C@@H]1N(Cc1cccc4ccccc14)C(=O)OC)[C@H]32. The summed E-state index contributed by atoms with van der Waals surface area (Å²) in [6.45, 7) is 4.79. The molecular formula is C47H54N2O8. The van der Waals surface area contributed by atoms with Gasteiger partial charge in [-0.1, -0.05) is 103 Å². The number of nitrogens with zero attached hydrogens (tertiary/aromatic N) is 2. The zero-order chi connectivity index (χ0) is 39.8. The number of aromatic hydroxyl groups is 1. The van der Waals surface area contributed by atoms with Crippen molar-refractivity contribution in [1.29, 1.82) is 0 Å². The van der Waals surface area contributed by atoms with E-state index in [4.69, 9.17) is 24.2 Å². The summed E-state index contributed by atoms with van der Waals surface area (Å²) in [7, 11) is 1.39. The predicted octanol–water partition coefficient (Wildman–Crippen LogP) is 8.65. The zero-order valence-electron chi connectivity index (χ0n) is 32.7. The second kappa shape index (κ2) is 18.4. The molecule has 0 aromatic heterocycles. The molecule has 1 heterocycles. The second-order valence-electron chi connectivity index (χ2n) is 15.3. The lowest BCUT2D eigenvalue weighted by Crippen LogP contribution is -2.70. The van der Waals surface area contributed by atoms with Crippen LogP contribution in [-0.4, -0.2) is 70.8 Å². The molecule has 0 saturated heterocycles. The van der Waals surface area contributed by atoms with Crippen molar-refractivity contribution in [2.45, 2.75) is 75.8 Å². The van der Waals surface area contributed by atoms with Gasteiger partial charge in [0.1, 0.15) is 24.1 Å². The van der Waals surface area contributed by atoms with Gasteiger partial charge >= 0.3 is 6.09 Å². The number of aliphatic hydroxyl groups excluding tert-OH is 2. The highest BCUT2D eigenvalue weighted by Gasteiger charge is 2.65. The number of fused-ring (bicyclic) bond motifs is 3. The molecule has 3 aliphatic rings. The maximum Gasteiger partial charge on any atom is 0.410 e. The summed E-state index contributed by atoms with van der Waals surface area (Å²) < 4.78 is 19.8. The molecular weight excluding hydrogens is 721 g/mol. The summed E-state index contributed by atoms with van der Waals surface area (Å²) in [5, 5.41) is 37.7. The van der Waals surface area contributed by atoms with Crippen LogP contribution in [0.4, 0.5) is 4.79 Å². The Morgan fingerprint density at radius 1 is 0.965 bits per heavy atom. The normalized spacial score (nSPS) is 24.2. The number of phenolic OH excluding ortho intramolecular Hbond substituents is 1. The molecule has 57 heavy (non-hydrogen) atoms. The monoisotopic (exact) mass is 774 g/mol. The first kappa shape index (κ1) is 40.1. The van der Waals surface area contributed by atoms with Crippen LogP contribution in [0, 0.1) is 17.8 Å². The van der Waals surface area contributed by atoms with Crippen LogP contribution in [0.2, 0.25) is 0 Å². The lowest BCUT2D eigenvalue weighted by molar-refractivity contribution is -0.256. The molecule has 0 unspecified atom stereocenters. The lowest BCUT2D eigenvalue weighted by atomic mass is 9.55. The maximum absolute atomic E-state index is 14.3. The van der Waals surface area contributed by atoms with E-state index in [0.717, 1.165) is 58.7 Å². The number of hydrogen-bond acceptors (Lipinski definition) is 9. The van der Waals surface area contributed by atoms with Gasteiger partial charge in [-0.2, -0.15) is 0 Å². The van der Waals surface area contributed by atoms with Crippen molar-refractivity contribution >= 4 is 22.6 Å². The van der Waals surface area contributed by atoms with E-state index in [0.29, 0.717) is 24.3 Å². The number of ether oxygens (including phenoxy) is 3. The van der Waals surface area contributed by atoms with Crippen LogP contribution >= 0.6 is 0 Å². The highest BCUT2D eigenvalue weighted by Crippen LogP contribution is 2.62. The minimum Gasteiger partial charge on any atom is -0.508 e. The lowest BCUT2D eigenvalue weighted by Gasteiger charge is -2.59. The Morgan fingerprint density at radius 3 is 2.49 bits per heavy atom. The second-order valence-corrected chi connectivity index (χ2v) is 15.3. The predicted molar refractivity (Wildman–Crippen MR) is 220 cm³/mol. The first-order chi connectivity index (χ1) is 27.9. The molecule has 1 fully saturated rings. The number of aliphatic hydroxyl groups is 2. The third-order valence-electron chi connectivity index (χ3n) is 11.9. The minimum absolute atomic E-state index is 0.0371.